The summed E-state index contributed by atoms with van der Waals surface area (Å²) in [5.74, 6) is -0.0310. The molecule has 1 unspecified atom stereocenters. The van der Waals surface area contributed by atoms with E-state index in [0.717, 1.165) is 12.8 Å². The van der Waals surface area contributed by atoms with Crippen molar-refractivity contribution in [1.29, 1.82) is 0 Å². The second kappa shape index (κ2) is 22.7. The van der Waals surface area contributed by atoms with Crippen LogP contribution in [-0.4, -0.2) is 17.5 Å². The molecule has 0 heterocycles. The lowest BCUT2D eigenvalue weighted by Gasteiger charge is -2.19. The first kappa shape index (κ1) is 29.6. The number of esters is 1. The van der Waals surface area contributed by atoms with E-state index in [-0.39, 0.29) is 23.5 Å². The van der Waals surface area contributed by atoms with Gasteiger partial charge in [-0.25, -0.2) is 0 Å². The van der Waals surface area contributed by atoms with Gasteiger partial charge in [-0.15, -0.1) is 0 Å². The Labute approximate surface area is 176 Å². The van der Waals surface area contributed by atoms with Crippen LogP contribution < -0.4 is 0 Å². The third kappa shape index (κ3) is 20.2. The lowest BCUT2D eigenvalue weighted by Crippen LogP contribution is -2.21. The minimum Gasteiger partial charge on any atom is -0.462 e. The van der Waals surface area contributed by atoms with Crippen LogP contribution in [0.1, 0.15) is 143 Å². The van der Waals surface area contributed by atoms with E-state index in [1.54, 1.807) is 0 Å². The third-order valence-electron chi connectivity index (χ3n) is 5.51. The molecule has 0 aromatic heterocycles. The maximum absolute atomic E-state index is 11.9. The van der Waals surface area contributed by atoms with Gasteiger partial charge in [-0.05, 0) is 25.7 Å². The highest BCUT2D eigenvalue weighted by molar-refractivity contribution is 5.71. The molecule has 0 aliphatic carbocycles. The van der Waals surface area contributed by atoms with E-state index in [2.05, 4.69) is 13.8 Å². The highest BCUT2D eigenvalue weighted by Gasteiger charge is 2.16. The number of carbonyl (C=O) groups is 1. The average molecular weight is 401 g/mol. The monoisotopic (exact) mass is 400 g/mol. The molecular weight excluding hydrogens is 348 g/mol. The number of hydrogen-bond donors (Lipinski definition) is 0. The van der Waals surface area contributed by atoms with Gasteiger partial charge < -0.3 is 10.2 Å². The molecule has 28 heavy (non-hydrogen) atoms. The van der Waals surface area contributed by atoms with E-state index in [1.165, 1.54) is 103 Å². The Morgan fingerprint density at radius 3 is 1.32 bits per heavy atom. The van der Waals surface area contributed by atoms with E-state index in [4.69, 9.17) is 4.74 Å². The van der Waals surface area contributed by atoms with E-state index < -0.39 is 0 Å². The summed E-state index contributed by atoms with van der Waals surface area (Å²) in [7, 11) is 0. The van der Waals surface area contributed by atoms with Gasteiger partial charge in [0.05, 0.1) is 5.92 Å². The smallest absolute Gasteiger partial charge is 0.308 e. The zero-order chi connectivity index (χ0) is 20.2. The molecule has 0 spiro atoms. The molecule has 170 valence electrons. The van der Waals surface area contributed by atoms with E-state index in [1.807, 2.05) is 13.8 Å². The Balaban J connectivity index is 0. The minimum atomic E-state index is -0.0220. The lowest BCUT2D eigenvalue weighted by molar-refractivity contribution is -0.153. The Morgan fingerprint density at radius 1 is 0.607 bits per heavy atom. The van der Waals surface area contributed by atoms with Gasteiger partial charge in [-0.1, -0.05) is 118 Å². The molecule has 0 fully saturated rings. The largest absolute Gasteiger partial charge is 0.462 e. The van der Waals surface area contributed by atoms with Gasteiger partial charge in [-0.2, -0.15) is 0 Å². The molecule has 0 bridgehead atoms. The molecule has 3 heteroatoms. The van der Waals surface area contributed by atoms with Crippen LogP contribution in [0.4, 0.5) is 0 Å². The maximum Gasteiger partial charge on any atom is 0.308 e. The van der Waals surface area contributed by atoms with E-state index in [0.29, 0.717) is 0 Å². The zero-order valence-electron chi connectivity index (χ0n) is 19.7. The van der Waals surface area contributed by atoms with Crippen molar-refractivity contribution in [2.45, 2.75) is 149 Å². The van der Waals surface area contributed by atoms with Gasteiger partial charge in [0.1, 0.15) is 6.10 Å². The molecule has 2 N–H and O–H groups in total. The molecule has 0 rings (SSSR count). The van der Waals surface area contributed by atoms with Gasteiger partial charge in [0.2, 0.25) is 0 Å². The number of ether oxygens (including phenoxy) is 1. The Morgan fingerprint density at radius 2 is 0.929 bits per heavy atom. The first-order valence-corrected chi connectivity index (χ1v) is 12.3. The summed E-state index contributed by atoms with van der Waals surface area (Å²) in [6, 6.07) is 0. The SMILES string of the molecule is CCCCCCCCCCCCCCCC(CCCCC)OC(=O)C(C)C.O. The Kier molecular flexibility index (Phi) is 24.0. The molecule has 0 saturated heterocycles. The number of rotatable bonds is 20. The van der Waals surface area contributed by atoms with Crippen molar-refractivity contribution in [3.8, 4) is 0 Å². The van der Waals surface area contributed by atoms with Gasteiger partial charge in [0, 0.05) is 0 Å². The summed E-state index contributed by atoms with van der Waals surface area (Å²) in [5.41, 5.74) is 0. The maximum atomic E-state index is 11.9. The van der Waals surface area contributed by atoms with Crippen molar-refractivity contribution in [2.75, 3.05) is 0 Å². The van der Waals surface area contributed by atoms with Crippen molar-refractivity contribution in [3.63, 3.8) is 0 Å². The molecule has 3 nitrogen and oxygen atoms in total. The molecule has 0 radical (unpaired) electrons. The molecule has 0 saturated carbocycles. The first-order chi connectivity index (χ1) is 13.1. The minimum absolute atomic E-state index is 0. The van der Waals surface area contributed by atoms with Crippen LogP contribution >= 0.6 is 0 Å². The summed E-state index contributed by atoms with van der Waals surface area (Å²) in [6.07, 6.45) is 23.9. The number of carbonyl (C=O) groups excluding carboxylic acids is 1. The molecule has 1 atom stereocenters. The number of hydrogen-bond acceptors (Lipinski definition) is 2. The predicted octanol–water partition coefficient (Wildman–Crippen LogP) is 7.79. The standard InChI is InChI=1S/C25H50O2.H2O/c1-5-7-9-10-11-12-13-14-15-16-17-18-20-22-24(21-19-8-6-2)27-25(26)23(3)4;/h23-24H,5-22H2,1-4H3;1H2. The quantitative estimate of drug-likeness (QED) is 0.155. The summed E-state index contributed by atoms with van der Waals surface area (Å²) < 4.78 is 5.73. The van der Waals surface area contributed by atoms with Crippen LogP contribution in [0.15, 0.2) is 0 Å². The Bertz CT molecular complexity index is 315. The highest BCUT2D eigenvalue weighted by atomic mass is 16.5. The summed E-state index contributed by atoms with van der Waals surface area (Å²) in [4.78, 5) is 11.9. The first-order valence-electron chi connectivity index (χ1n) is 12.3. The molecule has 0 aromatic rings. The predicted molar refractivity (Wildman–Crippen MR) is 123 cm³/mol. The van der Waals surface area contributed by atoms with Crippen LogP contribution in [0.2, 0.25) is 0 Å². The molecule has 0 aliphatic heterocycles. The van der Waals surface area contributed by atoms with Gasteiger partial charge in [0.25, 0.3) is 0 Å². The highest BCUT2D eigenvalue weighted by Crippen LogP contribution is 2.18. The second-order valence-corrected chi connectivity index (χ2v) is 8.74. The van der Waals surface area contributed by atoms with Crippen molar-refractivity contribution < 1.29 is 15.0 Å². The van der Waals surface area contributed by atoms with Crippen LogP contribution in [0, 0.1) is 5.92 Å². The molecule has 0 amide bonds. The van der Waals surface area contributed by atoms with Gasteiger partial charge >= 0.3 is 5.97 Å². The fraction of sp³-hybridized carbons (Fsp3) is 0.960. The Hall–Kier alpha value is -0.570. The van der Waals surface area contributed by atoms with E-state index in [9.17, 15) is 4.79 Å². The van der Waals surface area contributed by atoms with Gasteiger partial charge in [0.15, 0.2) is 0 Å². The van der Waals surface area contributed by atoms with Crippen LogP contribution in [0.25, 0.3) is 0 Å². The fourth-order valence-electron chi connectivity index (χ4n) is 3.57. The van der Waals surface area contributed by atoms with E-state index >= 15 is 0 Å². The zero-order valence-corrected chi connectivity index (χ0v) is 19.7. The van der Waals surface area contributed by atoms with Crippen molar-refractivity contribution >= 4 is 5.97 Å². The second-order valence-electron chi connectivity index (χ2n) is 8.74. The summed E-state index contributed by atoms with van der Waals surface area (Å²) in [6.45, 7) is 8.36. The molecule has 0 aliphatic rings. The van der Waals surface area contributed by atoms with Gasteiger partial charge in [-0.3, -0.25) is 4.79 Å². The summed E-state index contributed by atoms with van der Waals surface area (Å²) >= 11 is 0. The normalized spacial score (nSPS) is 12.0. The van der Waals surface area contributed by atoms with Crippen LogP contribution in [-0.2, 0) is 9.53 Å². The molecule has 0 aromatic carbocycles. The fourth-order valence-corrected chi connectivity index (χ4v) is 3.57. The van der Waals surface area contributed by atoms with Crippen LogP contribution in [0.5, 0.6) is 0 Å². The summed E-state index contributed by atoms with van der Waals surface area (Å²) in [5, 5.41) is 0. The topological polar surface area (TPSA) is 57.8 Å². The van der Waals surface area contributed by atoms with Crippen LogP contribution in [0.3, 0.4) is 0 Å². The third-order valence-corrected chi connectivity index (χ3v) is 5.51. The van der Waals surface area contributed by atoms with Crippen molar-refractivity contribution in [1.82, 2.24) is 0 Å². The average Bonchev–Trinajstić information content (AvgIpc) is 2.65. The molecular formula is C25H52O3. The number of unbranched alkanes of at least 4 members (excludes halogenated alkanes) is 14. The lowest BCUT2D eigenvalue weighted by atomic mass is 10.0. The van der Waals surface area contributed by atoms with Crippen molar-refractivity contribution in [2.24, 2.45) is 5.92 Å². The van der Waals surface area contributed by atoms with Crippen molar-refractivity contribution in [3.05, 3.63) is 0 Å².